The lowest BCUT2D eigenvalue weighted by molar-refractivity contribution is -0.274. The molecule has 2 atom stereocenters. The smallest absolute Gasteiger partial charge is 0.444 e. The number of amides is 3. The van der Waals surface area contributed by atoms with Crippen molar-refractivity contribution in [3.8, 4) is 5.75 Å². The highest BCUT2D eigenvalue weighted by Gasteiger charge is 2.37. The molecule has 0 spiro atoms. The summed E-state index contributed by atoms with van der Waals surface area (Å²) in [4.78, 5) is 33.9. The van der Waals surface area contributed by atoms with Crippen molar-refractivity contribution in [3.05, 3.63) is 41.5 Å². The number of rotatable bonds is 7. The van der Waals surface area contributed by atoms with Gasteiger partial charge in [0, 0.05) is 51.7 Å². The van der Waals surface area contributed by atoms with Crippen LogP contribution in [0, 0.1) is 0 Å². The van der Waals surface area contributed by atoms with Gasteiger partial charge in [0.25, 0.3) is 0 Å². The lowest BCUT2D eigenvalue weighted by Gasteiger charge is -2.41. The Morgan fingerprint density at radius 1 is 1.05 bits per heavy atom. The Bertz CT molecular complexity index is 1190. The van der Waals surface area contributed by atoms with Crippen LogP contribution in [0.15, 0.2) is 28.8 Å². The van der Waals surface area contributed by atoms with Gasteiger partial charge >= 0.3 is 18.5 Å². The Morgan fingerprint density at radius 3 is 2.33 bits per heavy atom. The lowest BCUT2D eigenvalue weighted by Crippen LogP contribution is -2.53. The number of piperidine rings is 2. The molecular formula is C28H38F3N5O6. The molecule has 1 N–H and O–H groups in total. The minimum atomic E-state index is -4.78. The summed E-state index contributed by atoms with van der Waals surface area (Å²) in [5, 5.41) is 6.92. The molecule has 3 heterocycles. The van der Waals surface area contributed by atoms with Crippen LogP contribution < -0.4 is 10.1 Å². The minimum Gasteiger partial charge on any atom is -0.444 e. The Balaban J connectivity index is 1.45. The molecule has 3 amide bonds. The van der Waals surface area contributed by atoms with E-state index in [1.54, 1.807) is 49.8 Å². The highest BCUT2D eigenvalue weighted by molar-refractivity contribution is 5.75. The monoisotopic (exact) mass is 597 g/mol. The molecule has 0 aliphatic carbocycles. The number of carbonyl (C=O) groups is 2. The van der Waals surface area contributed by atoms with Gasteiger partial charge in [-0.1, -0.05) is 17.3 Å². The maximum absolute atomic E-state index is 13.7. The number of urea groups is 1. The number of hydrogen-bond donors (Lipinski definition) is 1. The summed E-state index contributed by atoms with van der Waals surface area (Å²) in [5.74, 6) is 0.136. The maximum Gasteiger partial charge on any atom is 0.573 e. The first-order valence-corrected chi connectivity index (χ1v) is 14.0. The van der Waals surface area contributed by atoms with E-state index in [2.05, 4.69) is 20.2 Å². The number of likely N-dealkylation sites (tertiary alicyclic amines) is 2. The van der Waals surface area contributed by atoms with E-state index in [4.69, 9.17) is 14.0 Å². The average molecular weight is 598 g/mol. The van der Waals surface area contributed by atoms with Gasteiger partial charge in [0.15, 0.2) is 5.82 Å². The highest BCUT2D eigenvalue weighted by atomic mass is 19.4. The van der Waals surface area contributed by atoms with Crippen molar-refractivity contribution in [2.45, 2.75) is 76.3 Å². The molecule has 2 aliphatic rings. The Hall–Kier alpha value is -3.55. The number of benzene rings is 1. The van der Waals surface area contributed by atoms with Gasteiger partial charge in [-0.15, -0.1) is 13.2 Å². The second kappa shape index (κ2) is 13.2. The zero-order chi connectivity index (χ0) is 30.5. The topological polar surface area (TPSA) is 119 Å². The van der Waals surface area contributed by atoms with Crippen molar-refractivity contribution < 1.29 is 41.5 Å². The van der Waals surface area contributed by atoms with Gasteiger partial charge in [0.1, 0.15) is 11.4 Å². The number of methoxy groups -OCH3 is 1. The molecule has 2 aliphatic heterocycles. The second-order valence-electron chi connectivity index (χ2n) is 11.6. The number of nitrogens with one attached hydrogen (secondary N) is 1. The van der Waals surface area contributed by atoms with Crippen molar-refractivity contribution in [3.63, 3.8) is 0 Å². The number of aromatic nitrogens is 2. The van der Waals surface area contributed by atoms with Gasteiger partial charge in [0.2, 0.25) is 5.89 Å². The van der Waals surface area contributed by atoms with Gasteiger partial charge in [-0.3, -0.25) is 0 Å². The van der Waals surface area contributed by atoms with Crippen LogP contribution in [0.3, 0.4) is 0 Å². The molecule has 2 unspecified atom stereocenters. The summed E-state index contributed by atoms with van der Waals surface area (Å²) < 4.78 is 58.0. The Kier molecular flexibility index (Phi) is 9.85. The Labute approximate surface area is 242 Å². The number of alkyl halides is 3. The molecule has 1 aromatic heterocycles. The molecule has 11 nitrogen and oxygen atoms in total. The van der Waals surface area contributed by atoms with Crippen LogP contribution in [0.25, 0.3) is 0 Å². The van der Waals surface area contributed by atoms with Crippen molar-refractivity contribution in [1.29, 1.82) is 0 Å². The van der Waals surface area contributed by atoms with Gasteiger partial charge in [-0.05, 0) is 57.7 Å². The zero-order valence-electron chi connectivity index (χ0n) is 24.3. The van der Waals surface area contributed by atoms with Crippen LogP contribution in [0.4, 0.5) is 22.8 Å². The standard InChI is InChI=1S/C28H38F3N5O6/c1-27(2,3)41-25(37)32-21-9-12-35(13-10-21)26(38)36-16-19(18-5-7-22(8-6-18)40-28(29,30)31)15-20(17-36)24-33-23(34-42-24)11-14-39-4/h5-8,19-21H,9-17H2,1-4H3,(H,32,37). The molecule has 42 heavy (non-hydrogen) atoms. The maximum atomic E-state index is 13.7. The summed E-state index contributed by atoms with van der Waals surface area (Å²) in [6, 6.07) is 5.46. The SMILES string of the molecule is COCCc1noc(C2CC(c3ccc(OC(F)(F)F)cc3)CN(C(=O)N3CCC(NC(=O)OC(C)(C)C)CC3)C2)n1. The van der Waals surface area contributed by atoms with Gasteiger partial charge in [-0.2, -0.15) is 4.98 Å². The molecule has 14 heteroatoms. The average Bonchev–Trinajstić information content (AvgIpc) is 3.39. The summed E-state index contributed by atoms with van der Waals surface area (Å²) in [5.41, 5.74) is 0.169. The minimum absolute atomic E-state index is 0.105. The van der Waals surface area contributed by atoms with Crippen LogP contribution in [0.2, 0.25) is 0 Å². The van der Waals surface area contributed by atoms with E-state index < -0.39 is 18.1 Å². The van der Waals surface area contributed by atoms with Crippen LogP contribution in [0.1, 0.15) is 69.1 Å². The second-order valence-corrected chi connectivity index (χ2v) is 11.6. The fraction of sp³-hybridized carbons (Fsp3) is 0.643. The molecule has 1 aromatic carbocycles. The van der Waals surface area contributed by atoms with Crippen molar-refractivity contribution in [1.82, 2.24) is 25.3 Å². The van der Waals surface area contributed by atoms with E-state index in [1.807, 2.05) is 0 Å². The number of alkyl carbamates (subject to hydrolysis) is 1. The number of carbonyl (C=O) groups excluding carboxylic acids is 2. The van der Waals surface area contributed by atoms with E-state index in [9.17, 15) is 22.8 Å². The first kappa shape index (κ1) is 31.4. The summed E-state index contributed by atoms with van der Waals surface area (Å²) in [6.45, 7) is 7.46. The quantitative estimate of drug-likeness (QED) is 0.482. The molecule has 2 fully saturated rings. The molecular weight excluding hydrogens is 559 g/mol. The third-order valence-electron chi connectivity index (χ3n) is 7.16. The van der Waals surface area contributed by atoms with E-state index in [-0.39, 0.29) is 29.7 Å². The van der Waals surface area contributed by atoms with Crippen molar-refractivity contribution in [2.75, 3.05) is 39.9 Å². The van der Waals surface area contributed by atoms with Gasteiger partial charge in [-0.25, -0.2) is 9.59 Å². The first-order chi connectivity index (χ1) is 19.8. The van der Waals surface area contributed by atoms with Crippen LogP contribution in [-0.4, -0.2) is 90.0 Å². The normalized spacial score (nSPS) is 20.4. The van der Waals surface area contributed by atoms with Crippen LogP contribution >= 0.6 is 0 Å². The summed E-state index contributed by atoms with van der Waals surface area (Å²) in [7, 11) is 1.58. The fourth-order valence-corrected chi connectivity index (χ4v) is 5.23. The largest absolute Gasteiger partial charge is 0.573 e. The van der Waals surface area contributed by atoms with E-state index in [1.165, 1.54) is 12.1 Å². The fourth-order valence-electron chi connectivity index (χ4n) is 5.23. The first-order valence-electron chi connectivity index (χ1n) is 14.0. The van der Waals surface area contributed by atoms with Crippen molar-refractivity contribution >= 4 is 12.1 Å². The predicted molar refractivity (Wildman–Crippen MR) is 144 cm³/mol. The molecule has 2 saturated heterocycles. The lowest BCUT2D eigenvalue weighted by atomic mass is 9.84. The zero-order valence-corrected chi connectivity index (χ0v) is 24.3. The van der Waals surface area contributed by atoms with Gasteiger partial charge in [0.05, 0.1) is 12.5 Å². The molecule has 4 rings (SSSR count). The molecule has 0 bridgehead atoms. The van der Waals surface area contributed by atoms with Gasteiger partial charge < -0.3 is 33.9 Å². The Morgan fingerprint density at radius 2 is 1.71 bits per heavy atom. The van der Waals surface area contributed by atoms with Crippen LogP contribution in [0.5, 0.6) is 5.75 Å². The van der Waals surface area contributed by atoms with E-state index >= 15 is 0 Å². The van der Waals surface area contributed by atoms with Crippen molar-refractivity contribution in [2.24, 2.45) is 0 Å². The number of hydrogen-bond acceptors (Lipinski definition) is 8. The van der Waals surface area contributed by atoms with E-state index in [0.717, 1.165) is 5.56 Å². The molecule has 0 radical (unpaired) electrons. The molecule has 232 valence electrons. The van der Waals surface area contributed by atoms with Crippen LogP contribution in [-0.2, 0) is 15.9 Å². The molecule has 0 saturated carbocycles. The summed E-state index contributed by atoms with van der Waals surface area (Å²) in [6.07, 6.45) is -3.06. The molecule has 2 aromatic rings. The predicted octanol–water partition coefficient (Wildman–Crippen LogP) is 4.84. The number of halogens is 3. The number of ether oxygens (including phenoxy) is 3. The van der Waals surface area contributed by atoms with E-state index in [0.29, 0.717) is 70.2 Å². The number of nitrogens with zero attached hydrogens (tertiary/aromatic N) is 4. The summed E-state index contributed by atoms with van der Waals surface area (Å²) >= 11 is 0. The third-order valence-corrected chi connectivity index (χ3v) is 7.16. The third kappa shape index (κ3) is 8.97. The highest BCUT2D eigenvalue weighted by Crippen LogP contribution is 2.37.